The van der Waals surface area contributed by atoms with Crippen molar-refractivity contribution in [1.29, 1.82) is 0 Å². The summed E-state index contributed by atoms with van der Waals surface area (Å²) in [7, 11) is 1.88. The molecule has 0 saturated heterocycles. The normalized spacial score (nSPS) is 14.2. The second-order valence-electron chi connectivity index (χ2n) is 6.80. The Morgan fingerprint density at radius 2 is 2.14 bits per heavy atom. The van der Waals surface area contributed by atoms with E-state index in [-0.39, 0.29) is 12.4 Å². The zero-order chi connectivity index (χ0) is 19.7. The summed E-state index contributed by atoms with van der Waals surface area (Å²) in [6, 6.07) is 10.7. The Morgan fingerprint density at radius 1 is 1.29 bits per heavy atom. The fraction of sp³-hybridized carbons (Fsp3) is 0.238. The van der Waals surface area contributed by atoms with Crippen molar-refractivity contribution in [1.82, 2.24) is 14.7 Å². The smallest absolute Gasteiger partial charge is 0.407 e. The van der Waals surface area contributed by atoms with Gasteiger partial charge in [-0.3, -0.25) is 4.68 Å². The van der Waals surface area contributed by atoms with Gasteiger partial charge >= 0.3 is 6.09 Å². The van der Waals surface area contributed by atoms with Crippen LogP contribution in [0.4, 0.5) is 9.18 Å². The van der Waals surface area contributed by atoms with E-state index in [1.165, 1.54) is 11.0 Å². The van der Waals surface area contributed by atoms with Gasteiger partial charge in [0.05, 0.1) is 11.7 Å². The van der Waals surface area contributed by atoms with E-state index in [9.17, 15) is 9.18 Å². The van der Waals surface area contributed by atoms with E-state index in [4.69, 9.17) is 9.84 Å². The Kier molecular flexibility index (Phi) is 4.73. The topological polar surface area (TPSA) is 67.6 Å². The number of rotatable bonds is 4. The van der Waals surface area contributed by atoms with Crippen LogP contribution in [0.5, 0.6) is 5.75 Å². The summed E-state index contributed by atoms with van der Waals surface area (Å²) in [6.07, 6.45) is 3.32. The maximum absolute atomic E-state index is 14.2. The molecule has 4 rings (SSSR count). The lowest BCUT2D eigenvalue weighted by atomic mass is 9.99. The van der Waals surface area contributed by atoms with Crippen molar-refractivity contribution >= 4 is 22.6 Å². The molecular weight excluding hydrogens is 361 g/mol. The number of aryl methyl sites for hydroxylation is 1. The fourth-order valence-corrected chi connectivity index (χ4v) is 3.38. The van der Waals surface area contributed by atoms with Gasteiger partial charge in [-0.1, -0.05) is 18.2 Å². The lowest BCUT2D eigenvalue weighted by Gasteiger charge is -2.24. The predicted molar refractivity (Wildman–Crippen MR) is 104 cm³/mol. The highest BCUT2D eigenvalue weighted by atomic mass is 19.1. The molecule has 0 radical (unpaired) electrons. The van der Waals surface area contributed by atoms with Crippen molar-refractivity contribution in [3.63, 3.8) is 0 Å². The summed E-state index contributed by atoms with van der Waals surface area (Å²) in [4.78, 5) is 12.4. The van der Waals surface area contributed by atoms with Crippen molar-refractivity contribution in [3.05, 3.63) is 65.6 Å². The molecule has 7 heteroatoms. The number of benzene rings is 2. The summed E-state index contributed by atoms with van der Waals surface area (Å²) < 4.78 is 21.8. The minimum absolute atomic E-state index is 0.186. The standard InChI is InChI=1S/C21H20FN3O3/c1-24-19-5-2-14(10-17(19)12-23-24)13-28-20-11-16(3-4-18(20)22)15-6-8-25(9-7-15)21(26)27/h2-6,10-12H,7-9,13H2,1H3,(H,26,27). The Balaban J connectivity index is 1.50. The van der Waals surface area contributed by atoms with Crippen molar-refractivity contribution in [2.45, 2.75) is 13.0 Å². The maximum Gasteiger partial charge on any atom is 0.407 e. The fourth-order valence-electron chi connectivity index (χ4n) is 3.38. The Hall–Kier alpha value is -3.35. The van der Waals surface area contributed by atoms with Crippen LogP contribution in [0.3, 0.4) is 0 Å². The zero-order valence-electron chi connectivity index (χ0n) is 15.4. The van der Waals surface area contributed by atoms with Gasteiger partial charge in [0, 0.05) is 25.5 Å². The number of aromatic nitrogens is 2. The highest BCUT2D eigenvalue weighted by molar-refractivity contribution is 5.79. The van der Waals surface area contributed by atoms with Crippen LogP contribution in [0.2, 0.25) is 0 Å². The van der Waals surface area contributed by atoms with Gasteiger partial charge in [0.1, 0.15) is 6.61 Å². The zero-order valence-corrected chi connectivity index (χ0v) is 15.4. The third kappa shape index (κ3) is 3.55. The molecule has 1 N–H and O–H groups in total. The number of nitrogens with zero attached hydrogens (tertiary/aromatic N) is 3. The molecule has 0 unspecified atom stereocenters. The molecule has 144 valence electrons. The van der Waals surface area contributed by atoms with E-state index in [2.05, 4.69) is 5.10 Å². The lowest BCUT2D eigenvalue weighted by molar-refractivity contribution is 0.150. The summed E-state index contributed by atoms with van der Waals surface area (Å²) in [5, 5.41) is 14.3. The monoisotopic (exact) mass is 381 g/mol. The molecule has 0 bridgehead atoms. The average molecular weight is 381 g/mol. The first-order valence-electron chi connectivity index (χ1n) is 9.01. The van der Waals surface area contributed by atoms with Crippen LogP contribution in [0.25, 0.3) is 16.5 Å². The van der Waals surface area contributed by atoms with Crippen molar-refractivity contribution < 1.29 is 19.0 Å². The molecule has 0 spiro atoms. The van der Waals surface area contributed by atoms with Gasteiger partial charge in [0.15, 0.2) is 11.6 Å². The Bertz CT molecular complexity index is 1070. The summed E-state index contributed by atoms with van der Waals surface area (Å²) >= 11 is 0. The van der Waals surface area contributed by atoms with E-state index < -0.39 is 11.9 Å². The first kappa shape index (κ1) is 18.0. The first-order valence-corrected chi connectivity index (χ1v) is 9.01. The van der Waals surface area contributed by atoms with E-state index >= 15 is 0 Å². The predicted octanol–water partition coefficient (Wildman–Crippen LogP) is 4.06. The van der Waals surface area contributed by atoms with Gasteiger partial charge < -0.3 is 14.7 Å². The van der Waals surface area contributed by atoms with Crippen molar-refractivity contribution in [2.24, 2.45) is 7.05 Å². The highest BCUT2D eigenvalue weighted by Gasteiger charge is 2.17. The third-order valence-electron chi connectivity index (χ3n) is 4.99. The number of carboxylic acid groups (broad SMARTS) is 1. The average Bonchev–Trinajstić information content (AvgIpc) is 3.08. The molecular formula is C21H20FN3O3. The van der Waals surface area contributed by atoms with Gasteiger partial charge in [-0.15, -0.1) is 0 Å². The number of carbonyl (C=O) groups is 1. The largest absolute Gasteiger partial charge is 0.486 e. The van der Waals surface area contributed by atoms with Crippen molar-refractivity contribution in [3.8, 4) is 5.75 Å². The van der Waals surface area contributed by atoms with Crippen LogP contribution in [-0.2, 0) is 13.7 Å². The van der Waals surface area contributed by atoms with Gasteiger partial charge in [0.25, 0.3) is 0 Å². The van der Waals surface area contributed by atoms with E-state index in [1.54, 1.807) is 23.0 Å². The molecule has 1 aliphatic rings. The van der Waals surface area contributed by atoms with E-state index in [0.29, 0.717) is 19.5 Å². The molecule has 6 nitrogen and oxygen atoms in total. The number of ether oxygens (including phenoxy) is 1. The number of amides is 1. The maximum atomic E-state index is 14.2. The number of halogens is 1. The van der Waals surface area contributed by atoms with Gasteiger partial charge in [-0.2, -0.15) is 5.10 Å². The molecule has 1 aromatic heterocycles. The molecule has 0 aliphatic carbocycles. The van der Waals surface area contributed by atoms with E-state index in [1.807, 2.05) is 31.3 Å². The highest BCUT2D eigenvalue weighted by Crippen LogP contribution is 2.28. The minimum atomic E-state index is -0.927. The van der Waals surface area contributed by atoms with Crippen molar-refractivity contribution in [2.75, 3.05) is 13.1 Å². The van der Waals surface area contributed by atoms with Gasteiger partial charge in [0.2, 0.25) is 0 Å². The first-order chi connectivity index (χ1) is 13.5. The van der Waals surface area contributed by atoms with Crippen LogP contribution in [0, 0.1) is 5.82 Å². The van der Waals surface area contributed by atoms with Gasteiger partial charge in [-0.25, -0.2) is 9.18 Å². The Labute approximate surface area is 161 Å². The molecule has 0 saturated carbocycles. The second-order valence-corrected chi connectivity index (χ2v) is 6.80. The van der Waals surface area contributed by atoms with Gasteiger partial charge in [-0.05, 0) is 47.4 Å². The third-order valence-corrected chi connectivity index (χ3v) is 4.99. The van der Waals surface area contributed by atoms with Crippen LogP contribution in [0.15, 0.2) is 48.7 Å². The molecule has 2 heterocycles. The van der Waals surface area contributed by atoms with E-state index in [0.717, 1.165) is 27.6 Å². The number of fused-ring (bicyclic) bond motifs is 1. The molecule has 1 amide bonds. The van der Waals surface area contributed by atoms with Crippen LogP contribution < -0.4 is 4.74 Å². The summed E-state index contributed by atoms with van der Waals surface area (Å²) in [5.74, 6) is -0.236. The number of hydrogen-bond acceptors (Lipinski definition) is 3. The quantitative estimate of drug-likeness (QED) is 0.740. The van der Waals surface area contributed by atoms with Crippen LogP contribution in [-0.4, -0.2) is 39.0 Å². The molecule has 0 atom stereocenters. The van der Waals surface area contributed by atoms with Crippen LogP contribution >= 0.6 is 0 Å². The molecule has 28 heavy (non-hydrogen) atoms. The Morgan fingerprint density at radius 3 is 2.89 bits per heavy atom. The molecule has 3 aromatic rings. The molecule has 2 aromatic carbocycles. The lowest BCUT2D eigenvalue weighted by Crippen LogP contribution is -2.33. The minimum Gasteiger partial charge on any atom is -0.486 e. The summed E-state index contributed by atoms with van der Waals surface area (Å²) in [6.45, 7) is 1.01. The van der Waals surface area contributed by atoms with Crippen LogP contribution in [0.1, 0.15) is 17.5 Å². The second kappa shape index (κ2) is 7.34. The number of hydrogen-bond donors (Lipinski definition) is 1. The SMILES string of the molecule is Cn1ncc2cc(COc3cc(C4=CCN(C(=O)O)CC4)ccc3F)ccc21. The molecule has 0 fully saturated rings. The molecule has 1 aliphatic heterocycles. The summed E-state index contributed by atoms with van der Waals surface area (Å²) in [5.41, 5.74) is 3.80.